The zero-order valence-corrected chi connectivity index (χ0v) is 16.4. The van der Waals surface area contributed by atoms with Crippen molar-refractivity contribution in [3.63, 3.8) is 0 Å². The van der Waals surface area contributed by atoms with E-state index in [1.54, 1.807) is 0 Å². The summed E-state index contributed by atoms with van der Waals surface area (Å²) < 4.78 is 5.62. The molecule has 1 N–H and O–H groups in total. The quantitative estimate of drug-likeness (QED) is 0.771. The second kappa shape index (κ2) is 9.67. The summed E-state index contributed by atoms with van der Waals surface area (Å²) in [7, 11) is 0. The van der Waals surface area contributed by atoms with Crippen molar-refractivity contribution in [3.8, 4) is 0 Å². The van der Waals surface area contributed by atoms with E-state index in [2.05, 4.69) is 58.7 Å². The molecule has 2 aromatic rings. The summed E-state index contributed by atoms with van der Waals surface area (Å²) >= 11 is 0. The standard InChI is InChI=1S/C23H30N2O2/c1-18(2)27-17-21-12-10-19(11-13-21)15-24-23(26)22-9-6-14-25(22)16-20-7-4-3-5-8-20/h3-5,7-8,10-13,18,22H,6,9,14-17H2,1-2H3,(H,24,26). The monoisotopic (exact) mass is 366 g/mol. The van der Waals surface area contributed by atoms with E-state index >= 15 is 0 Å². The Morgan fingerprint density at radius 3 is 2.48 bits per heavy atom. The van der Waals surface area contributed by atoms with Crippen molar-refractivity contribution >= 4 is 5.91 Å². The van der Waals surface area contributed by atoms with E-state index in [0.717, 1.165) is 37.1 Å². The van der Waals surface area contributed by atoms with Crippen LogP contribution in [-0.4, -0.2) is 29.5 Å². The highest BCUT2D eigenvalue weighted by molar-refractivity contribution is 5.82. The van der Waals surface area contributed by atoms with Crippen molar-refractivity contribution in [3.05, 3.63) is 71.3 Å². The van der Waals surface area contributed by atoms with Gasteiger partial charge in [0.05, 0.1) is 18.8 Å². The summed E-state index contributed by atoms with van der Waals surface area (Å²) in [5, 5.41) is 3.11. The van der Waals surface area contributed by atoms with Crippen LogP contribution in [0, 0.1) is 0 Å². The number of hydrogen-bond acceptors (Lipinski definition) is 3. The Bertz CT molecular complexity index is 713. The lowest BCUT2D eigenvalue weighted by Gasteiger charge is -2.23. The first-order chi connectivity index (χ1) is 13.1. The van der Waals surface area contributed by atoms with Gasteiger partial charge < -0.3 is 10.1 Å². The number of amides is 1. The number of nitrogens with zero attached hydrogens (tertiary/aromatic N) is 1. The molecule has 1 amide bonds. The molecule has 0 saturated carbocycles. The fraction of sp³-hybridized carbons (Fsp3) is 0.435. The van der Waals surface area contributed by atoms with Gasteiger partial charge in [-0.15, -0.1) is 0 Å². The maximum Gasteiger partial charge on any atom is 0.237 e. The van der Waals surface area contributed by atoms with Crippen molar-refractivity contribution in [1.82, 2.24) is 10.2 Å². The Hall–Kier alpha value is -2.17. The van der Waals surface area contributed by atoms with E-state index in [-0.39, 0.29) is 18.1 Å². The second-order valence-electron chi connectivity index (χ2n) is 7.51. The third-order valence-corrected chi connectivity index (χ3v) is 4.97. The fourth-order valence-electron chi connectivity index (χ4n) is 3.45. The average Bonchev–Trinajstić information content (AvgIpc) is 3.14. The number of carbonyl (C=O) groups excluding carboxylic acids is 1. The molecule has 0 aliphatic carbocycles. The summed E-state index contributed by atoms with van der Waals surface area (Å²) in [5.41, 5.74) is 3.53. The zero-order chi connectivity index (χ0) is 19.1. The Morgan fingerprint density at radius 1 is 1.07 bits per heavy atom. The van der Waals surface area contributed by atoms with Crippen LogP contribution in [0.3, 0.4) is 0 Å². The number of rotatable bonds is 8. The van der Waals surface area contributed by atoms with E-state index < -0.39 is 0 Å². The minimum Gasteiger partial charge on any atom is -0.374 e. The smallest absolute Gasteiger partial charge is 0.237 e. The molecule has 0 bridgehead atoms. The molecule has 1 unspecified atom stereocenters. The van der Waals surface area contributed by atoms with E-state index in [0.29, 0.717) is 13.2 Å². The van der Waals surface area contributed by atoms with Gasteiger partial charge in [0, 0.05) is 13.1 Å². The minimum absolute atomic E-state index is 0.0241. The Labute approximate surface area is 162 Å². The highest BCUT2D eigenvalue weighted by atomic mass is 16.5. The first-order valence-corrected chi connectivity index (χ1v) is 9.87. The summed E-state index contributed by atoms with van der Waals surface area (Å²) in [4.78, 5) is 15.0. The lowest BCUT2D eigenvalue weighted by Crippen LogP contribution is -2.42. The molecule has 0 radical (unpaired) electrons. The van der Waals surface area contributed by atoms with Crippen molar-refractivity contribution < 1.29 is 9.53 Å². The molecule has 1 aliphatic rings. The number of ether oxygens (including phenoxy) is 1. The van der Waals surface area contributed by atoms with Crippen LogP contribution in [0.1, 0.15) is 43.4 Å². The number of hydrogen-bond donors (Lipinski definition) is 1. The largest absolute Gasteiger partial charge is 0.374 e. The summed E-state index contributed by atoms with van der Waals surface area (Å²) in [6.07, 6.45) is 2.24. The van der Waals surface area contributed by atoms with Crippen LogP contribution >= 0.6 is 0 Å². The minimum atomic E-state index is -0.0241. The molecule has 1 atom stereocenters. The number of likely N-dealkylation sites (tertiary alicyclic amines) is 1. The maximum atomic E-state index is 12.7. The molecule has 1 aliphatic heterocycles. The number of nitrogens with one attached hydrogen (secondary N) is 1. The fourth-order valence-corrected chi connectivity index (χ4v) is 3.45. The average molecular weight is 367 g/mol. The number of carbonyl (C=O) groups is 1. The van der Waals surface area contributed by atoms with E-state index in [4.69, 9.17) is 4.74 Å². The Morgan fingerprint density at radius 2 is 1.78 bits per heavy atom. The van der Waals surface area contributed by atoms with E-state index in [1.165, 1.54) is 5.56 Å². The molecule has 3 rings (SSSR count). The lowest BCUT2D eigenvalue weighted by molar-refractivity contribution is -0.125. The number of benzene rings is 2. The summed E-state index contributed by atoms with van der Waals surface area (Å²) in [5.74, 6) is 0.135. The van der Waals surface area contributed by atoms with Gasteiger partial charge in [-0.3, -0.25) is 9.69 Å². The second-order valence-corrected chi connectivity index (χ2v) is 7.51. The third-order valence-electron chi connectivity index (χ3n) is 4.97. The zero-order valence-electron chi connectivity index (χ0n) is 16.4. The van der Waals surface area contributed by atoms with E-state index in [1.807, 2.05) is 19.9 Å². The van der Waals surface area contributed by atoms with Gasteiger partial charge in [-0.05, 0) is 49.9 Å². The lowest BCUT2D eigenvalue weighted by atomic mass is 10.1. The molecule has 0 aromatic heterocycles. The van der Waals surface area contributed by atoms with Crippen LogP contribution in [0.4, 0.5) is 0 Å². The van der Waals surface area contributed by atoms with Gasteiger partial charge in [0.1, 0.15) is 0 Å². The third kappa shape index (κ3) is 5.91. The first-order valence-electron chi connectivity index (χ1n) is 9.87. The molecule has 1 fully saturated rings. The van der Waals surface area contributed by atoms with Crippen LogP contribution in [0.25, 0.3) is 0 Å². The highest BCUT2D eigenvalue weighted by Crippen LogP contribution is 2.20. The van der Waals surface area contributed by atoms with Gasteiger partial charge in [0.25, 0.3) is 0 Å². The molecule has 4 heteroatoms. The normalized spacial score (nSPS) is 17.4. The molecule has 1 saturated heterocycles. The molecule has 2 aromatic carbocycles. The van der Waals surface area contributed by atoms with Crippen molar-refractivity contribution in [2.24, 2.45) is 0 Å². The predicted molar refractivity (Wildman–Crippen MR) is 108 cm³/mol. The van der Waals surface area contributed by atoms with Gasteiger partial charge >= 0.3 is 0 Å². The van der Waals surface area contributed by atoms with Gasteiger partial charge in [0.2, 0.25) is 5.91 Å². The Balaban J connectivity index is 1.49. The van der Waals surface area contributed by atoms with Crippen molar-refractivity contribution in [2.75, 3.05) is 6.54 Å². The van der Waals surface area contributed by atoms with Crippen LogP contribution in [-0.2, 0) is 29.2 Å². The van der Waals surface area contributed by atoms with Gasteiger partial charge in [-0.1, -0.05) is 54.6 Å². The molecular weight excluding hydrogens is 336 g/mol. The molecule has 144 valence electrons. The predicted octanol–water partition coefficient (Wildman–Crippen LogP) is 3.89. The van der Waals surface area contributed by atoms with Crippen molar-refractivity contribution in [1.29, 1.82) is 0 Å². The van der Waals surface area contributed by atoms with Crippen LogP contribution in [0.15, 0.2) is 54.6 Å². The highest BCUT2D eigenvalue weighted by Gasteiger charge is 2.30. The van der Waals surface area contributed by atoms with Crippen molar-refractivity contribution in [2.45, 2.75) is 58.5 Å². The summed E-state index contributed by atoms with van der Waals surface area (Å²) in [6, 6.07) is 18.6. The maximum absolute atomic E-state index is 12.7. The van der Waals surface area contributed by atoms with Crippen LogP contribution in [0.5, 0.6) is 0 Å². The van der Waals surface area contributed by atoms with E-state index in [9.17, 15) is 4.79 Å². The van der Waals surface area contributed by atoms with Gasteiger partial charge in [-0.25, -0.2) is 0 Å². The van der Waals surface area contributed by atoms with Crippen LogP contribution < -0.4 is 5.32 Å². The van der Waals surface area contributed by atoms with Gasteiger partial charge in [0.15, 0.2) is 0 Å². The van der Waals surface area contributed by atoms with Gasteiger partial charge in [-0.2, -0.15) is 0 Å². The Kier molecular flexibility index (Phi) is 7.02. The molecule has 0 spiro atoms. The first kappa shape index (κ1) is 19.6. The molecular formula is C23H30N2O2. The SMILES string of the molecule is CC(C)OCc1ccc(CNC(=O)C2CCCN2Cc2ccccc2)cc1. The summed E-state index contributed by atoms with van der Waals surface area (Å²) in [6.45, 7) is 7.09. The molecule has 1 heterocycles. The topological polar surface area (TPSA) is 41.6 Å². The molecule has 27 heavy (non-hydrogen) atoms. The molecule has 4 nitrogen and oxygen atoms in total. The van der Waals surface area contributed by atoms with Crippen LogP contribution in [0.2, 0.25) is 0 Å².